The number of aromatic nitrogens is 1. The van der Waals surface area contributed by atoms with Crippen LogP contribution in [0.4, 0.5) is 0 Å². The Balaban J connectivity index is 2.12. The molecule has 2 aromatic rings. The first-order valence-electron chi connectivity index (χ1n) is 5.66. The minimum Gasteiger partial charge on any atom is -0.497 e. The maximum absolute atomic E-state index is 5.76. The molecule has 96 valence electrons. The molecule has 0 radical (unpaired) electrons. The number of nitrogens with one attached hydrogen (secondary N) is 1. The summed E-state index contributed by atoms with van der Waals surface area (Å²) in [5, 5.41) is 6.74. The smallest absolute Gasteiger partial charge is 0.130 e. The number of methoxy groups -OCH3 is 1. The molecule has 0 aliphatic heterocycles. The number of hydrogen-bond acceptors (Lipinski definition) is 5. The van der Waals surface area contributed by atoms with Crippen LogP contribution in [0.15, 0.2) is 35.2 Å². The SMILES string of the molecule is CNCc1ccc(OC)cc1OCc1cnoc1. The van der Waals surface area contributed by atoms with Crippen molar-refractivity contribution in [1.29, 1.82) is 0 Å². The molecule has 0 fully saturated rings. The molecule has 0 aliphatic rings. The molecule has 0 aliphatic carbocycles. The first-order valence-corrected chi connectivity index (χ1v) is 5.66. The minimum atomic E-state index is 0.424. The molecule has 18 heavy (non-hydrogen) atoms. The molecule has 0 unspecified atom stereocenters. The van der Waals surface area contributed by atoms with Gasteiger partial charge in [0.25, 0.3) is 0 Å². The highest BCUT2D eigenvalue weighted by Crippen LogP contribution is 2.25. The number of ether oxygens (including phenoxy) is 2. The monoisotopic (exact) mass is 248 g/mol. The van der Waals surface area contributed by atoms with Crippen LogP contribution in [0.1, 0.15) is 11.1 Å². The molecule has 0 saturated heterocycles. The van der Waals surface area contributed by atoms with E-state index in [9.17, 15) is 0 Å². The fourth-order valence-corrected chi connectivity index (χ4v) is 1.59. The Morgan fingerprint density at radius 3 is 2.94 bits per heavy atom. The third-order valence-electron chi connectivity index (χ3n) is 2.52. The standard InChI is InChI=1S/C13H16N2O3/c1-14-7-11-3-4-12(16-2)5-13(11)17-8-10-6-15-18-9-10/h3-6,9,14H,7-8H2,1-2H3. The summed E-state index contributed by atoms with van der Waals surface area (Å²) in [6, 6.07) is 5.78. The molecule has 5 nitrogen and oxygen atoms in total. The maximum atomic E-state index is 5.76. The number of nitrogens with zero attached hydrogens (tertiary/aromatic N) is 1. The van der Waals surface area contributed by atoms with E-state index in [1.807, 2.05) is 25.2 Å². The van der Waals surface area contributed by atoms with Crippen molar-refractivity contribution in [3.05, 3.63) is 41.8 Å². The molecule has 2 rings (SSSR count). The van der Waals surface area contributed by atoms with Gasteiger partial charge in [-0.15, -0.1) is 0 Å². The number of hydrogen-bond donors (Lipinski definition) is 1. The van der Waals surface area contributed by atoms with Gasteiger partial charge in [-0.25, -0.2) is 0 Å². The van der Waals surface area contributed by atoms with Crippen molar-refractivity contribution in [3.8, 4) is 11.5 Å². The van der Waals surface area contributed by atoms with Crippen LogP contribution in [0.25, 0.3) is 0 Å². The van der Waals surface area contributed by atoms with Gasteiger partial charge in [0.05, 0.1) is 13.3 Å². The lowest BCUT2D eigenvalue weighted by Crippen LogP contribution is -2.07. The van der Waals surface area contributed by atoms with Crippen LogP contribution in [-0.2, 0) is 13.2 Å². The van der Waals surface area contributed by atoms with E-state index >= 15 is 0 Å². The zero-order valence-electron chi connectivity index (χ0n) is 10.5. The van der Waals surface area contributed by atoms with Gasteiger partial charge in [0, 0.05) is 23.7 Å². The topological polar surface area (TPSA) is 56.5 Å². The second kappa shape index (κ2) is 6.07. The van der Waals surface area contributed by atoms with Gasteiger partial charge in [-0.1, -0.05) is 11.2 Å². The molecule has 0 atom stereocenters. The fourth-order valence-electron chi connectivity index (χ4n) is 1.59. The van der Waals surface area contributed by atoms with Crippen molar-refractivity contribution in [2.45, 2.75) is 13.2 Å². The zero-order chi connectivity index (χ0) is 12.8. The normalized spacial score (nSPS) is 10.3. The van der Waals surface area contributed by atoms with Crippen molar-refractivity contribution in [1.82, 2.24) is 10.5 Å². The van der Waals surface area contributed by atoms with Gasteiger partial charge < -0.3 is 19.3 Å². The summed E-state index contributed by atoms with van der Waals surface area (Å²) < 4.78 is 15.7. The molecular weight excluding hydrogens is 232 g/mol. The Hall–Kier alpha value is -2.01. The van der Waals surface area contributed by atoms with E-state index in [2.05, 4.69) is 10.5 Å². The molecule has 0 saturated carbocycles. The summed E-state index contributed by atoms with van der Waals surface area (Å²) in [7, 11) is 3.53. The van der Waals surface area contributed by atoms with E-state index in [4.69, 9.17) is 14.0 Å². The highest BCUT2D eigenvalue weighted by atomic mass is 16.5. The Bertz CT molecular complexity index is 483. The third kappa shape index (κ3) is 3.01. The molecule has 0 bridgehead atoms. The zero-order valence-corrected chi connectivity index (χ0v) is 10.5. The molecular formula is C13H16N2O3. The van der Waals surface area contributed by atoms with Crippen LogP contribution in [-0.4, -0.2) is 19.3 Å². The van der Waals surface area contributed by atoms with Crippen molar-refractivity contribution in [2.75, 3.05) is 14.2 Å². The van der Waals surface area contributed by atoms with E-state index in [0.29, 0.717) is 6.61 Å². The van der Waals surface area contributed by atoms with Crippen LogP contribution in [0, 0.1) is 0 Å². The van der Waals surface area contributed by atoms with Crippen LogP contribution in [0.2, 0.25) is 0 Å². The summed E-state index contributed by atoms with van der Waals surface area (Å²) in [4.78, 5) is 0. The number of benzene rings is 1. The summed E-state index contributed by atoms with van der Waals surface area (Å²) in [5.41, 5.74) is 1.97. The quantitative estimate of drug-likeness (QED) is 0.847. The highest BCUT2D eigenvalue weighted by Gasteiger charge is 2.06. The molecule has 1 aromatic carbocycles. The lowest BCUT2D eigenvalue weighted by atomic mass is 10.2. The number of rotatable bonds is 6. The Morgan fingerprint density at radius 2 is 2.28 bits per heavy atom. The maximum Gasteiger partial charge on any atom is 0.130 e. The Kier molecular flexibility index (Phi) is 4.20. The molecule has 1 aromatic heterocycles. The Morgan fingerprint density at radius 1 is 1.39 bits per heavy atom. The van der Waals surface area contributed by atoms with Crippen molar-refractivity contribution in [3.63, 3.8) is 0 Å². The summed E-state index contributed by atoms with van der Waals surface area (Å²) in [6.07, 6.45) is 3.20. The summed E-state index contributed by atoms with van der Waals surface area (Å²) in [5.74, 6) is 1.57. The summed E-state index contributed by atoms with van der Waals surface area (Å²) in [6.45, 7) is 1.16. The highest BCUT2D eigenvalue weighted by molar-refractivity contribution is 5.40. The van der Waals surface area contributed by atoms with Crippen LogP contribution >= 0.6 is 0 Å². The molecule has 0 spiro atoms. The van der Waals surface area contributed by atoms with Gasteiger partial charge in [-0.3, -0.25) is 0 Å². The van der Waals surface area contributed by atoms with E-state index in [1.54, 1.807) is 19.6 Å². The predicted molar refractivity (Wildman–Crippen MR) is 66.6 cm³/mol. The second-order valence-corrected chi connectivity index (χ2v) is 3.83. The van der Waals surface area contributed by atoms with E-state index < -0.39 is 0 Å². The first kappa shape index (κ1) is 12.4. The van der Waals surface area contributed by atoms with E-state index in [1.165, 1.54) is 0 Å². The fraction of sp³-hybridized carbons (Fsp3) is 0.308. The van der Waals surface area contributed by atoms with E-state index in [0.717, 1.165) is 29.2 Å². The predicted octanol–water partition coefficient (Wildman–Crippen LogP) is 1.98. The van der Waals surface area contributed by atoms with Crippen LogP contribution in [0.3, 0.4) is 0 Å². The summed E-state index contributed by atoms with van der Waals surface area (Å²) >= 11 is 0. The second-order valence-electron chi connectivity index (χ2n) is 3.83. The molecule has 1 heterocycles. The van der Waals surface area contributed by atoms with Crippen molar-refractivity contribution >= 4 is 0 Å². The van der Waals surface area contributed by atoms with Gasteiger partial charge in [-0.05, 0) is 13.1 Å². The van der Waals surface area contributed by atoms with Gasteiger partial charge in [0.15, 0.2) is 0 Å². The van der Waals surface area contributed by atoms with Gasteiger partial charge in [-0.2, -0.15) is 0 Å². The molecule has 1 N–H and O–H groups in total. The first-order chi connectivity index (χ1) is 8.83. The molecule has 5 heteroatoms. The van der Waals surface area contributed by atoms with Crippen LogP contribution in [0.5, 0.6) is 11.5 Å². The largest absolute Gasteiger partial charge is 0.497 e. The van der Waals surface area contributed by atoms with Gasteiger partial charge in [0.2, 0.25) is 0 Å². The van der Waals surface area contributed by atoms with Gasteiger partial charge in [0.1, 0.15) is 24.4 Å². The average Bonchev–Trinajstić information content (AvgIpc) is 2.91. The third-order valence-corrected chi connectivity index (χ3v) is 2.52. The molecule has 0 amide bonds. The van der Waals surface area contributed by atoms with Crippen molar-refractivity contribution in [2.24, 2.45) is 0 Å². The van der Waals surface area contributed by atoms with E-state index in [-0.39, 0.29) is 0 Å². The van der Waals surface area contributed by atoms with Crippen molar-refractivity contribution < 1.29 is 14.0 Å². The minimum absolute atomic E-state index is 0.424. The Labute approximate surface area is 106 Å². The van der Waals surface area contributed by atoms with Gasteiger partial charge >= 0.3 is 0 Å². The lowest BCUT2D eigenvalue weighted by Gasteiger charge is -2.12. The van der Waals surface area contributed by atoms with Crippen LogP contribution < -0.4 is 14.8 Å². The average molecular weight is 248 g/mol. The lowest BCUT2D eigenvalue weighted by molar-refractivity contribution is 0.298.